The summed E-state index contributed by atoms with van der Waals surface area (Å²) in [5, 5.41) is 7.82. The van der Waals surface area contributed by atoms with Crippen LogP contribution in [0.25, 0.3) is 0 Å². The smallest absolute Gasteiger partial charge is 0.253 e. The minimum Gasteiger partial charge on any atom is -0.483 e. The van der Waals surface area contributed by atoms with Crippen LogP contribution >= 0.6 is 0 Å². The van der Waals surface area contributed by atoms with Crippen LogP contribution in [0.15, 0.2) is 22.6 Å². The first-order chi connectivity index (χ1) is 9.10. The van der Waals surface area contributed by atoms with Gasteiger partial charge in [-0.3, -0.25) is 0 Å². The molecule has 1 aromatic carbocycles. The van der Waals surface area contributed by atoms with Gasteiger partial charge < -0.3 is 14.9 Å². The summed E-state index contributed by atoms with van der Waals surface area (Å²) in [4.78, 5) is 0. The maximum absolute atomic E-state index is 5.95. The van der Waals surface area contributed by atoms with Crippen molar-refractivity contribution in [2.75, 3.05) is 0 Å². The minimum absolute atomic E-state index is 0.0798. The van der Waals surface area contributed by atoms with Gasteiger partial charge in [0.1, 0.15) is 5.75 Å². The van der Waals surface area contributed by atoms with Gasteiger partial charge >= 0.3 is 0 Å². The van der Waals surface area contributed by atoms with Gasteiger partial charge in [0.25, 0.3) is 5.89 Å². The van der Waals surface area contributed by atoms with Crippen molar-refractivity contribution < 1.29 is 9.15 Å². The summed E-state index contributed by atoms with van der Waals surface area (Å²) < 4.78 is 11.1. The number of hydrogen-bond acceptors (Lipinski definition) is 5. The Hall–Kier alpha value is -1.88. The normalized spacial score (nSPS) is 12.4. The third kappa shape index (κ3) is 3.32. The molecule has 0 amide bonds. The highest BCUT2D eigenvalue weighted by Crippen LogP contribution is 2.25. The molecule has 0 unspecified atom stereocenters. The molecule has 102 valence electrons. The Balaban J connectivity index is 2.10. The van der Waals surface area contributed by atoms with E-state index in [1.165, 1.54) is 0 Å². The van der Waals surface area contributed by atoms with Crippen LogP contribution in [-0.4, -0.2) is 10.2 Å². The lowest BCUT2D eigenvalue weighted by Gasteiger charge is -2.13. The minimum atomic E-state index is -0.0798. The van der Waals surface area contributed by atoms with Crippen molar-refractivity contribution in [2.45, 2.75) is 39.8 Å². The number of rotatable bonds is 5. The number of benzene rings is 1. The van der Waals surface area contributed by atoms with Gasteiger partial charge in [0.05, 0.1) is 0 Å². The molecule has 2 rings (SSSR count). The number of ether oxygens (including phenoxy) is 1. The second kappa shape index (κ2) is 5.84. The monoisotopic (exact) mass is 261 g/mol. The molecule has 0 saturated carbocycles. The van der Waals surface area contributed by atoms with Gasteiger partial charge in [-0.1, -0.05) is 24.6 Å². The summed E-state index contributed by atoms with van der Waals surface area (Å²) in [6, 6.07) is 5.87. The van der Waals surface area contributed by atoms with Gasteiger partial charge in [0.2, 0.25) is 5.89 Å². The first-order valence-electron chi connectivity index (χ1n) is 6.40. The average Bonchev–Trinajstić information content (AvgIpc) is 2.85. The van der Waals surface area contributed by atoms with Gasteiger partial charge in [-0.15, -0.1) is 10.2 Å². The Labute approximate surface area is 112 Å². The first kappa shape index (κ1) is 13.5. The van der Waals surface area contributed by atoms with Crippen LogP contribution in [0, 0.1) is 6.92 Å². The number of nitrogens with two attached hydrogens (primary N) is 1. The highest BCUT2D eigenvalue weighted by atomic mass is 16.5. The Morgan fingerprint density at radius 2 is 2.05 bits per heavy atom. The standard InChI is InChI=1S/C14H19N3O2/c1-4-13-16-17-14(19-13)8-18-12-6-5-9(2)7-11(12)10(3)15/h5-7,10H,4,8,15H2,1-3H3/t10-/m0/s1. The number of aryl methyl sites for hydroxylation is 2. The molecule has 0 saturated heterocycles. The van der Waals surface area contributed by atoms with Crippen LogP contribution in [0.3, 0.4) is 0 Å². The highest BCUT2D eigenvalue weighted by molar-refractivity contribution is 5.38. The Morgan fingerprint density at radius 1 is 1.32 bits per heavy atom. The van der Waals surface area contributed by atoms with Crippen molar-refractivity contribution in [3.05, 3.63) is 41.1 Å². The molecule has 1 atom stereocenters. The summed E-state index contributed by atoms with van der Waals surface area (Å²) in [7, 11) is 0. The average molecular weight is 261 g/mol. The molecule has 2 aromatic rings. The van der Waals surface area contributed by atoms with Crippen molar-refractivity contribution in [3.8, 4) is 5.75 Å². The molecule has 5 heteroatoms. The highest BCUT2D eigenvalue weighted by Gasteiger charge is 2.10. The van der Waals surface area contributed by atoms with Crippen LogP contribution in [0.5, 0.6) is 5.75 Å². The molecule has 0 fully saturated rings. The topological polar surface area (TPSA) is 74.2 Å². The van der Waals surface area contributed by atoms with E-state index in [1.54, 1.807) is 0 Å². The fourth-order valence-electron chi connectivity index (χ4n) is 1.78. The Morgan fingerprint density at radius 3 is 2.68 bits per heavy atom. The molecular formula is C14H19N3O2. The van der Waals surface area contributed by atoms with E-state index < -0.39 is 0 Å². The maximum atomic E-state index is 5.95. The lowest BCUT2D eigenvalue weighted by Crippen LogP contribution is -2.08. The van der Waals surface area contributed by atoms with Crippen molar-refractivity contribution in [1.29, 1.82) is 0 Å². The molecule has 1 aromatic heterocycles. The molecule has 0 aliphatic rings. The van der Waals surface area contributed by atoms with E-state index in [0.717, 1.165) is 23.3 Å². The molecule has 2 N–H and O–H groups in total. The molecule has 0 aliphatic heterocycles. The van der Waals surface area contributed by atoms with E-state index in [2.05, 4.69) is 10.2 Å². The molecular weight excluding hydrogens is 242 g/mol. The lowest BCUT2D eigenvalue weighted by molar-refractivity contribution is 0.256. The molecule has 1 heterocycles. The second-order valence-corrected chi connectivity index (χ2v) is 4.56. The van der Waals surface area contributed by atoms with Crippen LogP contribution in [0.2, 0.25) is 0 Å². The summed E-state index contributed by atoms with van der Waals surface area (Å²) in [5.74, 6) is 1.86. The van der Waals surface area contributed by atoms with Crippen molar-refractivity contribution in [2.24, 2.45) is 5.73 Å². The van der Waals surface area contributed by atoms with Crippen LogP contribution in [0.4, 0.5) is 0 Å². The molecule has 0 radical (unpaired) electrons. The third-order valence-corrected chi connectivity index (χ3v) is 2.82. The summed E-state index contributed by atoms with van der Waals surface area (Å²) >= 11 is 0. The third-order valence-electron chi connectivity index (χ3n) is 2.82. The van der Waals surface area contributed by atoms with E-state index in [0.29, 0.717) is 11.8 Å². The molecule has 0 aliphatic carbocycles. The zero-order valence-electron chi connectivity index (χ0n) is 11.5. The van der Waals surface area contributed by atoms with Crippen molar-refractivity contribution in [3.63, 3.8) is 0 Å². The largest absolute Gasteiger partial charge is 0.483 e. The fraction of sp³-hybridized carbons (Fsp3) is 0.429. The quantitative estimate of drug-likeness (QED) is 0.895. The fourth-order valence-corrected chi connectivity index (χ4v) is 1.78. The van der Waals surface area contributed by atoms with Gasteiger partial charge in [0.15, 0.2) is 6.61 Å². The van der Waals surface area contributed by atoms with Crippen LogP contribution in [0.1, 0.15) is 42.8 Å². The van der Waals surface area contributed by atoms with Gasteiger partial charge in [-0.05, 0) is 19.9 Å². The van der Waals surface area contributed by atoms with E-state index in [4.69, 9.17) is 14.9 Å². The number of aromatic nitrogens is 2. The van der Waals surface area contributed by atoms with E-state index >= 15 is 0 Å². The summed E-state index contributed by atoms with van der Waals surface area (Å²) in [5.41, 5.74) is 8.09. The summed E-state index contributed by atoms with van der Waals surface area (Å²) in [6.45, 7) is 6.19. The zero-order chi connectivity index (χ0) is 13.8. The van der Waals surface area contributed by atoms with Gasteiger partial charge in [0, 0.05) is 18.0 Å². The predicted octanol–water partition coefficient (Wildman–Crippen LogP) is 2.54. The SMILES string of the molecule is CCc1nnc(COc2ccc(C)cc2[C@H](C)N)o1. The zero-order valence-corrected chi connectivity index (χ0v) is 11.5. The Kier molecular flexibility index (Phi) is 4.16. The number of nitrogens with zero attached hydrogens (tertiary/aromatic N) is 2. The van der Waals surface area contributed by atoms with Crippen LogP contribution < -0.4 is 10.5 Å². The molecule has 5 nitrogen and oxygen atoms in total. The molecule has 0 bridgehead atoms. The first-order valence-corrected chi connectivity index (χ1v) is 6.40. The van der Waals surface area contributed by atoms with Crippen molar-refractivity contribution in [1.82, 2.24) is 10.2 Å². The maximum Gasteiger partial charge on any atom is 0.253 e. The number of hydrogen-bond donors (Lipinski definition) is 1. The lowest BCUT2D eigenvalue weighted by atomic mass is 10.1. The van der Waals surface area contributed by atoms with Crippen molar-refractivity contribution >= 4 is 0 Å². The second-order valence-electron chi connectivity index (χ2n) is 4.56. The predicted molar refractivity (Wildman–Crippen MR) is 71.8 cm³/mol. The van der Waals surface area contributed by atoms with Gasteiger partial charge in [-0.2, -0.15) is 0 Å². The van der Waals surface area contributed by atoms with E-state index in [9.17, 15) is 0 Å². The Bertz CT molecular complexity index is 549. The summed E-state index contributed by atoms with van der Waals surface area (Å²) in [6.07, 6.45) is 0.725. The van der Waals surface area contributed by atoms with E-state index in [-0.39, 0.29) is 12.6 Å². The van der Waals surface area contributed by atoms with Crippen LogP contribution in [-0.2, 0) is 13.0 Å². The molecule has 0 spiro atoms. The van der Waals surface area contributed by atoms with Gasteiger partial charge in [-0.25, -0.2) is 0 Å². The molecule has 19 heavy (non-hydrogen) atoms. The van der Waals surface area contributed by atoms with E-state index in [1.807, 2.05) is 39.0 Å².